The molecule has 32 heavy (non-hydrogen) atoms. The van der Waals surface area contributed by atoms with E-state index in [9.17, 15) is 4.39 Å². The van der Waals surface area contributed by atoms with Crippen LogP contribution in [0.25, 0.3) is 11.8 Å². The lowest BCUT2D eigenvalue weighted by Crippen LogP contribution is -2.38. The zero-order valence-corrected chi connectivity index (χ0v) is 18.3. The third-order valence-corrected chi connectivity index (χ3v) is 6.50. The number of ether oxygens (including phenoxy) is 1. The van der Waals surface area contributed by atoms with E-state index in [-0.39, 0.29) is 11.7 Å². The summed E-state index contributed by atoms with van der Waals surface area (Å²) in [5, 5.41) is 4.47. The van der Waals surface area contributed by atoms with E-state index in [1.165, 1.54) is 12.1 Å². The molecule has 5 nitrogen and oxygen atoms in total. The highest BCUT2D eigenvalue weighted by molar-refractivity contribution is 6.01. The number of hydrogen-bond acceptors (Lipinski definition) is 4. The Morgan fingerprint density at radius 2 is 2.00 bits per heavy atom. The second-order valence-corrected chi connectivity index (χ2v) is 8.49. The number of methoxy groups -OCH3 is 1. The Morgan fingerprint density at radius 3 is 2.75 bits per heavy atom. The average molecular weight is 432 g/mol. The molecule has 2 unspecified atom stereocenters. The molecule has 1 fully saturated rings. The lowest BCUT2D eigenvalue weighted by atomic mass is 9.70. The van der Waals surface area contributed by atoms with Crippen molar-refractivity contribution in [1.29, 1.82) is 0 Å². The minimum absolute atomic E-state index is 0.160. The van der Waals surface area contributed by atoms with Gasteiger partial charge in [0.05, 0.1) is 36.4 Å². The Kier molecular flexibility index (Phi) is 5.29. The van der Waals surface area contributed by atoms with Gasteiger partial charge in [-0.1, -0.05) is 35.9 Å². The summed E-state index contributed by atoms with van der Waals surface area (Å²) < 4.78 is 21.1. The van der Waals surface area contributed by atoms with Crippen LogP contribution in [-0.2, 0) is 10.4 Å². The standard InChI is InChI=1S/C26H26FN3O2/c1-18-16-30(17-28-18)24-13-7-19(15-25(24)31-2)6-12-23-22-5-3-4-14-26(22,32-29-23)20-8-10-21(27)11-9-20/h6-13,15-17,22H,3-5,14H2,1-2H3. The van der Waals surface area contributed by atoms with Crippen molar-refractivity contribution in [3.8, 4) is 11.4 Å². The third kappa shape index (κ3) is 3.60. The number of hydrogen-bond donors (Lipinski definition) is 0. The first kappa shape index (κ1) is 20.5. The molecule has 1 saturated carbocycles. The third-order valence-electron chi connectivity index (χ3n) is 6.50. The summed E-state index contributed by atoms with van der Waals surface area (Å²) in [6.45, 7) is 1.96. The summed E-state index contributed by atoms with van der Waals surface area (Å²) >= 11 is 0. The molecule has 2 atom stereocenters. The van der Waals surface area contributed by atoms with Gasteiger partial charge in [0.2, 0.25) is 0 Å². The maximum absolute atomic E-state index is 13.5. The van der Waals surface area contributed by atoms with Crippen LogP contribution in [0.1, 0.15) is 42.5 Å². The zero-order valence-electron chi connectivity index (χ0n) is 18.3. The van der Waals surface area contributed by atoms with Crippen molar-refractivity contribution in [2.75, 3.05) is 7.11 Å². The molecule has 0 N–H and O–H groups in total. The molecule has 5 rings (SSSR count). The van der Waals surface area contributed by atoms with Gasteiger partial charge < -0.3 is 14.1 Å². The van der Waals surface area contributed by atoms with Crippen molar-refractivity contribution in [2.45, 2.75) is 38.2 Å². The van der Waals surface area contributed by atoms with E-state index in [1.54, 1.807) is 13.4 Å². The fraction of sp³-hybridized carbons (Fsp3) is 0.308. The van der Waals surface area contributed by atoms with E-state index in [1.807, 2.05) is 60.2 Å². The number of allylic oxidation sites excluding steroid dienone is 1. The lowest BCUT2D eigenvalue weighted by Gasteiger charge is -2.37. The van der Waals surface area contributed by atoms with E-state index in [0.717, 1.165) is 59.7 Å². The van der Waals surface area contributed by atoms with Crippen LogP contribution in [-0.4, -0.2) is 22.4 Å². The number of nitrogens with zero attached hydrogens (tertiary/aromatic N) is 3. The van der Waals surface area contributed by atoms with Gasteiger partial charge in [-0.15, -0.1) is 0 Å². The SMILES string of the molecule is COc1cc(C=CC2=NOC3(c4ccc(F)cc4)CCCCC23)ccc1-n1cnc(C)c1. The summed E-state index contributed by atoms with van der Waals surface area (Å²) in [6, 6.07) is 12.7. The van der Waals surface area contributed by atoms with E-state index < -0.39 is 5.60 Å². The highest BCUT2D eigenvalue weighted by Gasteiger charge is 2.50. The predicted molar refractivity (Wildman–Crippen MR) is 122 cm³/mol. The van der Waals surface area contributed by atoms with Crippen LogP contribution in [0.15, 0.2) is 66.2 Å². The number of rotatable bonds is 5. The summed E-state index contributed by atoms with van der Waals surface area (Å²) in [5.74, 6) is 0.695. The molecule has 0 spiro atoms. The van der Waals surface area contributed by atoms with Crippen molar-refractivity contribution >= 4 is 11.8 Å². The second kappa shape index (κ2) is 8.26. The number of aromatic nitrogens is 2. The van der Waals surface area contributed by atoms with Crippen LogP contribution >= 0.6 is 0 Å². The van der Waals surface area contributed by atoms with Crippen LogP contribution in [0, 0.1) is 18.7 Å². The highest BCUT2D eigenvalue weighted by atomic mass is 19.1. The maximum atomic E-state index is 13.5. The molecule has 3 aromatic rings. The van der Waals surface area contributed by atoms with Crippen LogP contribution in [0.3, 0.4) is 0 Å². The summed E-state index contributed by atoms with van der Waals surface area (Å²) in [4.78, 5) is 10.4. The summed E-state index contributed by atoms with van der Waals surface area (Å²) in [6.07, 6.45) is 11.9. The quantitative estimate of drug-likeness (QED) is 0.512. The van der Waals surface area contributed by atoms with Crippen molar-refractivity contribution in [2.24, 2.45) is 11.1 Å². The minimum Gasteiger partial charge on any atom is -0.495 e. The van der Waals surface area contributed by atoms with Crippen molar-refractivity contribution in [3.63, 3.8) is 0 Å². The van der Waals surface area contributed by atoms with Gasteiger partial charge in [0.25, 0.3) is 0 Å². The van der Waals surface area contributed by atoms with Gasteiger partial charge in [-0.25, -0.2) is 9.37 Å². The molecule has 0 radical (unpaired) electrons. The van der Waals surface area contributed by atoms with Crippen molar-refractivity contribution in [1.82, 2.24) is 9.55 Å². The molecule has 0 saturated heterocycles. The Labute approximate surface area is 187 Å². The molecule has 2 aromatic carbocycles. The highest BCUT2D eigenvalue weighted by Crippen LogP contribution is 2.49. The molecule has 0 bridgehead atoms. The van der Waals surface area contributed by atoms with E-state index in [2.05, 4.69) is 10.1 Å². The molecule has 0 amide bonds. The van der Waals surface area contributed by atoms with Crippen molar-refractivity contribution < 1.29 is 14.0 Å². The number of aryl methyl sites for hydroxylation is 1. The smallest absolute Gasteiger partial charge is 0.171 e. The first-order chi connectivity index (χ1) is 15.6. The van der Waals surface area contributed by atoms with Crippen molar-refractivity contribution in [3.05, 3.63) is 83.7 Å². The van der Waals surface area contributed by atoms with Gasteiger partial charge in [-0.3, -0.25) is 0 Å². The Hall–Kier alpha value is -3.41. The Bertz CT molecular complexity index is 1180. The van der Waals surface area contributed by atoms with Gasteiger partial charge in [0.15, 0.2) is 5.60 Å². The van der Waals surface area contributed by atoms with Gasteiger partial charge in [-0.2, -0.15) is 0 Å². The molecule has 1 aliphatic carbocycles. The number of fused-ring (bicyclic) bond motifs is 1. The number of imidazole rings is 1. The average Bonchev–Trinajstić information content (AvgIpc) is 3.42. The maximum Gasteiger partial charge on any atom is 0.171 e. The zero-order chi connectivity index (χ0) is 22.1. The number of oxime groups is 1. The van der Waals surface area contributed by atoms with E-state index in [4.69, 9.17) is 9.57 Å². The predicted octanol–water partition coefficient (Wildman–Crippen LogP) is 5.81. The van der Waals surface area contributed by atoms with Crippen LogP contribution in [0.5, 0.6) is 5.75 Å². The van der Waals surface area contributed by atoms with Crippen LogP contribution in [0.2, 0.25) is 0 Å². The molecule has 2 heterocycles. The molecule has 1 aromatic heterocycles. The fourth-order valence-corrected chi connectivity index (χ4v) is 4.86. The fourth-order valence-electron chi connectivity index (χ4n) is 4.86. The van der Waals surface area contributed by atoms with E-state index >= 15 is 0 Å². The lowest BCUT2D eigenvalue weighted by molar-refractivity contribution is -0.0715. The molecule has 6 heteroatoms. The second-order valence-electron chi connectivity index (χ2n) is 8.49. The van der Waals surface area contributed by atoms with Gasteiger partial charge in [0.1, 0.15) is 11.6 Å². The molecule has 164 valence electrons. The molecule has 1 aliphatic heterocycles. The van der Waals surface area contributed by atoms with Gasteiger partial charge in [0, 0.05) is 6.20 Å². The molecular formula is C26H26FN3O2. The Morgan fingerprint density at radius 1 is 1.16 bits per heavy atom. The first-order valence-corrected chi connectivity index (χ1v) is 11.0. The monoisotopic (exact) mass is 431 g/mol. The summed E-state index contributed by atoms with van der Waals surface area (Å²) in [7, 11) is 1.67. The van der Waals surface area contributed by atoms with Gasteiger partial charge >= 0.3 is 0 Å². The Balaban J connectivity index is 1.40. The minimum atomic E-state index is -0.494. The summed E-state index contributed by atoms with van der Waals surface area (Å²) in [5.41, 5.74) is 4.34. The van der Waals surface area contributed by atoms with Gasteiger partial charge in [-0.05, 0) is 67.7 Å². The topological polar surface area (TPSA) is 48.6 Å². The van der Waals surface area contributed by atoms with Crippen LogP contribution in [0.4, 0.5) is 4.39 Å². The first-order valence-electron chi connectivity index (χ1n) is 11.0. The molecular weight excluding hydrogens is 405 g/mol. The largest absolute Gasteiger partial charge is 0.495 e. The number of benzene rings is 2. The number of halogens is 1. The van der Waals surface area contributed by atoms with Crippen LogP contribution < -0.4 is 4.74 Å². The van der Waals surface area contributed by atoms with E-state index in [0.29, 0.717) is 0 Å². The molecule has 2 aliphatic rings. The normalized spacial score (nSPS) is 22.5.